The van der Waals surface area contributed by atoms with Crippen molar-refractivity contribution in [3.05, 3.63) is 78.9 Å². The van der Waals surface area contributed by atoms with E-state index in [0.717, 1.165) is 90.1 Å². The van der Waals surface area contributed by atoms with Crippen LogP contribution in [0.2, 0.25) is 0 Å². The number of nitrogens with one attached hydrogen (secondary N) is 1. The molecular formula is C32H32IN7O. The highest BCUT2D eigenvalue weighted by Gasteiger charge is 2.36. The van der Waals surface area contributed by atoms with Crippen molar-refractivity contribution in [3.8, 4) is 22.5 Å². The number of aromatic nitrogens is 4. The summed E-state index contributed by atoms with van der Waals surface area (Å²) >= 11 is 1.95. The van der Waals surface area contributed by atoms with Gasteiger partial charge in [0, 0.05) is 47.3 Å². The van der Waals surface area contributed by atoms with Crippen molar-refractivity contribution < 1.29 is 4.79 Å². The van der Waals surface area contributed by atoms with Gasteiger partial charge >= 0.3 is 0 Å². The van der Waals surface area contributed by atoms with Crippen molar-refractivity contribution in [2.75, 3.05) is 25.4 Å². The number of anilines is 1. The summed E-state index contributed by atoms with van der Waals surface area (Å²) in [5, 5.41) is 1.09. The number of rotatable bonds is 6. The predicted molar refractivity (Wildman–Crippen MR) is 170 cm³/mol. The molecule has 0 atom stereocenters. The molecular weight excluding hydrogens is 625 g/mol. The fourth-order valence-corrected chi connectivity index (χ4v) is 6.97. The molecule has 8 nitrogen and oxygen atoms in total. The van der Waals surface area contributed by atoms with E-state index in [2.05, 4.69) is 60.3 Å². The molecule has 1 saturated carbocycles. The summed E-state index contributed by atoms with van der Waals surface area (Å²) in [5.41, 5.74) is 12.1. The first kappa shape index (κ1) is 26.3. The van der Waals surface area contributed by atoms with Crippen molar-refractivity contribution in [3.63, 3.8) is 0 Å². The first-order chi connectivity index (χ1) is 20.1. The number of likely N-dealkylation sites (tertiary alicyclic amines) is 1. The highest BCUT2D eigenvalue weighted by atomic mass is 127. The summed E-state index contributed by atoms with van der Waals surface area (Å²) in [7, 11) is 0. The van der Waals surface area contributed by atoms with Crippen molar-refractivity contribution >= 4 is 51.0 Å². The number of carbonyl (C=O) groups excluding carboxylic acids is 1. The zero-order valence-electron chi connectivity index (χ0n) is 22.7. The summed E-state index contributed by atoms with van der Waals surface area (Å²) in [6.45, 7) is 3.09. The third-order valence-electron chi connectivity index (χ3n) is 8.81. The minimum atomic E-state index is 0.154. The number of pyridine rings is 1. The van der Waals surface area contributed by atoms with E-state index in [1.54, 1.807) is 6.20 Å². The van der Waals surface area contributed by atoms with Gasteiger partial charge in [0.1, 0.15) is 22.9 Å². The maximum atomic E-state index is 12.0. The molecule has 7 rings (SSSR count). The molecule has 1 saturated heterocycles. The highest BCUT2D eigenvalue weighted by Crippen LogP contribution is 2.44. The quantitative estimate of drug-likeness (QED) is 0.175. The third-order valence-corrected chi connectivity index (χ3v) is 9.35. The molecule has 9 heteroatoms. The standard InChI is InChI=1S/C32H32IN7O/c33-38-32(41)23-10-13-39(14-11-23)19-20-16-25(17-20)31-37-28(29-30(34)35-12-15-40(29)31)24-7-6-22-8-9-26(36-27(22)18-24)21-4-2-1-3-5-21/h1-9,12,15,18,20,23,25H,10-11,13-14,16-17,19H2,(H2,34,35)(H,38,41). The van der Waals surface area contributed by atoms with Gasteiger partial charge in [-0.2, -0.15) is 0 Å². The largest absolute Gasteiger partial charge is 0.382 e. The predicted octanol–water partition coefficient (Wildman–Crippen LogP) is 5.87. The lowest BCUT2D eigenvalue weighted by atomic mass is 9.74. The van der Waals surface area contributed by atoms with Crippen molar-refractivity contribution in [2.45, 2.75) is 31.6 Å². The first-order valence-corrected chi connectivity index (χ1v) is 15.4. The van der Waals surface area contributed by atoms with E-state index in [1.165, 1.54) is 0 Å². The normalized spacial score (nSPS) is 19.8. The number of fused-ring (bicyclic) bond motifs is 2. The number of nitrogen functional groups attached to an aromatic ring is 1. The number of hydrogen-bond acceptors (Lipinski definition) is 6. The molecule has 1 aliphatic carbocycles. The Kier molecular flexibility index (Phi) is 7.08. The fourth-order valence-electron chi connectivity index (χ4n) is 6.53. The average molecular weight is 658 g/mol. The minimum absolute atomic E-state index is 0.154. The van der Waals surface area contributed by atoms with Crippen LogP contribution in [0, 0.1) is 11.8 Å². The van der Waals surface area contributed by atoms with Crippen molar-refractivity contribution in [1.82, 2.24) is 27.8 Å². The van der Waals surface area contributed by atoms with Gasteiger partial charge in [-0.3, -0.25) is 12.7 Å². The summed E-state index contributed by atoms with van der Waals surface area (Å²) in [4.78, 5) is 29.1. The Morgan fingerprint density at radius 3 is 2.56 bits per heavy atom. The van der Waals surface area contributed by atoms with Crippen LogP contribution in [0.4, 0.5) is 5.82 Å². The second-order valence-corrected chi connectivity index (χ2v) is 11.9. The van der Waals surface area contributed by atoms with Crippen LogP contribution in [0.1, 0.15) is 37.4 Å². The number of piperidine rings is 1. The summed E-state index contributed by atoms with van der Waals surface area (Å²) in [6, 6.07) is 20.8. The molecule has 0 spiro atoms. The van der Waals surface area contributed by atoms with Gasteiger partial charge in [-0.15, -0.1) is 0 Å². The van der Waals surface area contributed by atoms with Crippen LogP contribution in [0.25, 0.3) is 38.9 Å². The van der Waals surface area contributed by atoms with E-state index in [0.29, 0.717) is 17.7 Å². The number of nitrogens with two attached hydrogens (primary N) is 1. The maximum Gasteiger partial charge on any atom is 0.231 e. The number of benzene rings is 2. The Labute approximate surface area is 252 Å². The molecule has 5 aromatic rings. The molecule has 2 fully saturated rings. The lowest BCUT2D eigenvalue weighted by Crippen LogP contribution is -2.42. The van der Waals surface area contributed by atoms with Gasteiger partial charge in [0.15, 0.2) is 0 Å². The van der Waals surface area contributed by atoms with Crippen LogP contribution in [-0.2, 0) is 4.79 Å². The molecule has 3 N–H and O–H groups in total. The summed E-state index contributed by atoms with van der Waals surface area (Å²) < 4.78 is 4.92. The Hall–Kier alpha value is -3.57. The highest BCUT2D eigenvalue weighted by molar-refractivity contribution is 14.1. The second-order valence-electron chi connectivity index (χ2n) is 11.4. The summed E-state index contributed by atoms with van der Waals surface area (Å²) in [5.74, 6) is 2.90. The van der Waals surface area contributed by atoms with Gasteiger partial charge in [-0.05, 0) is 56.8 Å². The van der Waals surface area contributed by atoms with Gasteiger partial charge in [0.2, 0.25) is 5.91 Å². The van der Waals surface area contributed by atoms with E-state index in [9.17, 15) is 4.79 Å². The molecule has 0 bridgehead atoms. The van der Waals surface area contributed by atoms with E-state index < -0.39 is 0 Å². The van der Waals surface area contributed by atoms with E-state index in [1.807, 2.05) is 47.3 Å². The van der Waals surface area contributed by atoms with Gasteiger partial charge in [0.25, 0.3) is 0 Å². The zero-order valence-corrected chi connectivity index (χ0v) is 24.9. The zero-order chi connectivity index (χ0) is 27.9. The number of amides is 1. The van der Waals surface area contributed by atoms with Gasteiger partial charge < -0.3 is 10.6 Å². The molecule has 0 unspecified atom stereocenters. The Bertz CT molecular complexity index is 1720. The molecule has 3 aromatic heterocycles. The lowest BCUT2D eigenvalue weighted by molar-refractivity contribution is -0.124. The second kappa shape index (κ2) is 11.0. The summed E-state index contributed by atoms with van der Waals surface area (Å²) in [6.07, 6.45) is 7.85. The SMILES string of the molecule is Nc1nccn2c(C3CC(CN4CCC(C(=O)NI)CC4)C3)nc(-c3ccc4ccc(-c5ccccc5)nc4c3)c12. The van der Waals surface area contributed by atoms with Crippen molar-refractivity contribution in [1.29, 1.82) is 0 Å². The van der Waals surface area contributed by atoms with Gasteiger partial charge in [0.05, 0.1) is 34.1 Å². The number of halogens is 1. The minimum Gasteiger partial charge on any atom is -0.382 e. The Morgan fingerprint density at radius 2 is 1.78 bits per heavy atom. The molecule has 208 valence electrons. The van der Waals surface area contributed by atoms with Gasteiger partial charge in [-0.1, -0.05) is 48.5 Å². The molecule has 2 aromatic carbocycles. The van der Waals surface area contributed by atoms with Crippen LogP contribution in [-0.4, -0.2) is 49.8 Å². The fraction of sp³-hybridized carbons (Fsp3) is 0.312. The molecule has 41 heavy (non-hydrogen) atoms. The molecule has 0 radical (unpaired) electrons. The van der Waals surface area contributed by atoms with E-state index in [-0.39, 0.29) is 11.8 Å². The Morgan fingerprint density at radius 1 is 1.00 bits per heavy atom. The molecule has 1 amide bonds. The van der Waals surface area contributed by atoms with Gasteiger partial charge in [-0.25, -0.2) is 15.0 Å². The number of carbonyl (C=O) groups is 1. The van der Waals surface area contributed by atoms with Crippen molar-refractivity contribution in [2.24, 2.45) is 11.8 Å². The van der Waals surface area contributed by atoms with Crippen LogP contribution in [0.3, 0.4) is 0 Å². The van der Waals surface area contributed by atoms with Crippen LogP contribution >= 0.6 is 22.9 Å². The lowest BCUT2D eigenvalue weighted by Gasteiger charge is -2.40. The van der Waals surface area contributed by atoms with Crippen LogP contribution in [0.15, 0.2) is 73.1 Å². The first-order valence-electron chi connectivity index (χ1n) is 14.3. The number of hydrogen-bond donors (Lipinski definition) is 2. The van der Waals surface area contributed by atoms with Crippen LogP contribution in [0.5, 0.6) is 0 Å². The third kappa shape index (κ3) is 5.05. The molecule has 1 aliphatic heterocycles. The topological polar surface area (TPSA) is 101 Å². The van der Waals surface area contributed by atoms with E-state index >= 15 is 0 Å². The average Bonchev–Trinajstić information content (AvgIpc) is 3.39. The number of imidazole rings is 1. The maximum absolute atomic E-state index is 12.0. The molecule has 2 aliphatic rings. The Balaban J connectivity index is 1.13. The van der Waals surface area contributed by atoms with E-state index in [4.69, 9.17) is 15.7 Å². The van der Waals surface area contributed by atoms with Crippen LogP contribution < -0.4 is 9.26 Å². The number of nitrogens with zero attached hydrogens (tertiary/aromatic N) is 5. The smallest absolute Gasteiger partial charge is 0.231 e. The molecule has 4 heterocycles. The monoisotopic (exact) mass is 657 g/mol.